The first-order valence-electron chi connectivity index (χ1n) is 5.41. The number of nitrogens with one attached hydrogen (secondary N) is 1. The molecule has 0 saturated carbocycles. The van der Waals surface area contributed by atoms with E-state index in [1.165, 1.54) is 0 Å². The lowest BCUT2D eigenvalue weighted by molar-refractivity contribution is -0.136. The van der Waals surface area contributed by atoms with Crippen LogP contribution in [0, 0.1) is 19.3 Å². The lowest BCUT2D eigenvalue weighted by atomic mass is 10.0. The molecule has 1 heterocycles. The highest BCUT2D eigenvalue weighted by Crippen LogP contribution is 2.24. The molecule has 0 bridgehead atoms. The Balaban J connectivity index is 2.49. The van der Waals surface area contributed by atoms with Crippen LogP contribution in [0.4, 0.5) is 0 Å². The third-order valence-electron chi connectivity index (χ3n) is 2.88. The number of aromatic nitrogens is 1. The van der Waals surface area contributed by atoms with Crippen LogP contribution in [0.1, 0.15) is 23.2 Å². The minimum atomic E-state index is -0.785. The largest absolute Gasteiger partial charge is 0.481 e. The smallest absolute Gasteiger partial charge is 0.303 e. The van der Waals surface area contributed by atoms with Gasteiger partial charge < -0.3 is 10.1 Å². The Morgan fingerprint density at radius 1 is 1.53 bits per heavy atom. The first-order valence-corrected chi connectivity index (χ1v) is 5.41. The summed E-state index contributed by atoms with van der Waals surface area (Å²) in [5.74, 6) is 1.80. The van der Waals surface area contributed by atoms with Gasteiger partial charge in [-0.2, -0.15) is 0 Å². The van der Waals surface area contributed by atoms with Gasteiger partial charge in [0, 0.05) is 28.6 Å². The van der Waals surface area contributed by atoms with Crippen molar-refractivity contribution in [3.8, 4) is 12.3 Å². The minimum Gasteiger partial charge on any atom is -0.481 e. The molecule has 0 radical (unpaired) electrons. The number of H-pyrrole nitrogens is 1. The molecule has 17 heavy (non-hydrogen) atoms. The fourth-order valence-electron chi connectivity index (χ4n) is 2.03. The van der Waals surface area contributed by atoms with Gasteiger partial charge in [0.1, 0.15) is 0 Å². The van der Waals surface area contributed by atoms with E-state index in [1.807, 2.05) is 25.1 Å². The van der Waals surface area contributed by atoms with Crippen molar-refractivity contribution in [2.45, 2.75) is 19.8 Å². The molecule has 0 aliphatic carbocycles. The van der Waals surface area contributed by atoms with E-state index in [9.17, 15) is 4.79 Å². The number of terminal acetylenes is 1. The van der Waals surface area contributed by atoms with Crippen LogP contribution < -0.4 is 0 Å². The van der Waals surface area contributed by atoms with Gasteiger partial charge in [0.05, 0.1) is 0 Å². The van der Waals surface area contributed by atoms with E-state index in [0.29, 0.717) is 6.42 Å². The van der Waals surface area contributed by atoms with Crippen LogP contribution in [0.25, 0.3) is 10.9 Å². The number of carbonyl (C=O) groups is 1. The van der Waals surface area contributed by atoms with E-state index in [-0.39, 0.29) is 6.42 Å². The summed E-state index contributed by atoms with van der Waals surface area (Å²) in [6, 6.07) is 5.73. The van der Waals surface area contributed by atoms with Crippen LogP contribution in [0.2, 0.25) is 0 Å². The Morgan fingerprint density at radius 2 is 2.29 bits per heavy atom. The monoisotopic (exact) mass is 227 g/mol. The maximum Gasteiger partial charge on any atom is 0.303 e. The quantitative estimate of drug-likeness (QED) is 0.791. The molecule has 0 amide bonds. The van der Waals surface area contributed by atoms with Gasteiger partial charge in [0.15, 0.2) is 0 Å². The third-order valence-corrected chi connectivity index (χ3v) is 2.88. The normalized spacial score (nSPS) is 10.4. The zero-order valence-corrected chi connectivity index (χ0v) is 9.58. The number of carboxylic acid groups (broad SMARTS) is 1. The van der Waals surface area contributed by atoms with Crippen LogP contribution in [0.3, 0.4) is 0 Å². The van der Waals surface area contributed by atoms with Crippen molar-refractivity contribution in [1.82, 2.24) is 4.98 Å². The van der Waals surface area contributed by atoms with Gasteiger partial charge in [-0.05, 0) is 37.1 Å². The fraction of sp³-hybridized carbons (Fsp3) is 0.214. The molecule has 1 aromatic heterocycles. The molecule has 2 aromatic rings. The Labute approximate surface area is 99.5 Å². The highest BCUT2D eigenvalue weighted by molar-refractivity contribution is 5.86. The zero-order chi connectivity index (χ0) is 12.4. The lowest BCUT2D eigenvalue weighted by Gasteiger charge is -1.99. The maximum absolute atomic E-state index is 10.6. The number of hydrogen-bond donors (Lipinski definition) is 2. The number of hydrogen-bond acceptors (Lipinski definition) is 1. The molecule has 2 rings (SSSR count). The number of aryl methyl sites for hydroxylation is 2. The molecular weight excluding hydrogens is 214 g/mol. The van der Waals surface area contributed by atoms with Gasteiger partial charge in [-0.15, -0.1) is 6.42 Å². The molecule has 2 N–H and O–H groups in total. The summed E-state index contributed by atoms with van der Waals surface area (Å²) in [4.78, 5) is 13.9. The zero-order valence-electron chi connectivity index (χ0n) is 9.58. The second-order valence-corrected chi connectivity index (χ2v) is 4.03. The van der Waals surface area contributed by atoms with E-state index < -0.39 is 5.97 Å². The predicted molar refractivity (Wildman–Crippen MR) is 66.9 cm³/mol. The van der Waals surface area contributed by atoms with Crippen LogP contribution in [0.15, 0.2) is 18.2 Å². The summed E-state index contributed by atoms with van der Waals surface area (Å²) in [5, 5.41) is 9.76. The van der Waals surface area contributed by atoms with Gasteiger partial charge in [-0.1, -0.05) is 5.92 Å². The van der Waals surface area contributed by atoms with E-state index >= 15 is 0 Å². The van der Waals surface area contributed by atoms with Crippen molar-refractivity contribution in [1.29, 1.82) is 0 Å². The van der Waals surface area contributed by atoms with Crippen molar-refractivity contribution in [2.75, 3.05) is 0 Å². The molecule has 3 heteroatoms. The average Bonchev–Trinajstić information content (AvgIpc) is 2.61. The predicted octanol–water partition coefficient (Wildman–Crippen LogP) is 2.47. The highest BCUT2D eigenvalue weighted by atomic mass is 16.4. The van der Waals surface area contributed by atoms with E-state index in [2.05, 4.69) is 10.9 Å². The minimum absolute atomic E-state index is 0.133. The summed E-state index contributed by atoms with van der Waals surface area (Å²) < 4.78 is 0. The van der Waals surface area contributed by atoms with Gasteiger partial charge in [-0.25, -0.2) is 0 Å². The molecule has 0 saturated heterocycles. The number of carboxylic acids is 1. The maximum atomic E-state index is 10.6. The van der Waals surface area contributed by atoms with Crippen molar-refractivity contribution < 1.29 is 9.90 Å². The molecule has 0 aliphatic rings. The standard InChI is InChI=1S/C14H13NO2/c1-3-10-4-6-13-12(8-10)11(9(2)15-13)5-7-14(16)17/h1,4,6,8,15H,5,7H2,2H3,(H,16,17). The second kappa shape index (κ2) is 4.34. The summed E-state index contributed by atoms with van der Waals surface area (Å²) >= 11 is 0. The number of rotatable bonds is 3. The first kappa shape index (κ1) is 11.3. The molecule has 0 aliphatic heterocycles. The SMILES string of the molecule is C#Cc1ccc2[nH]c(C)c(CCC(=O)O)c2c1. The molecule has 86 valence electrons. The van der Waals surface area contributed by atoms with E-state index in [4.69, 9.17) is 11.5 Å². The topological polar surface area (TPSA) is 53.1 Å². The second-order valence-electron chi connectivity index (χ2n) is 4.03. The Bertz CT molecular complexity index is 617. The third kappa shape index (κ3) is 2.16. The summed E-state index contributed by atoms with van der Waals surface area (Å²) in [6.45, 7) is 1.95. The summed E-state index contributed by atoms with van der Waals surface area (Å²) in [6.07, 6.45) is 6.02. The number of aromatic amines is 1. The molecule has 0 fully saturated rings. The van der Waals surface area contributed by atoms with Crippen LogP contribution in [-0.4, -0.2) is 16.1 Å². The van der Waals surface area contributed by atoms with Crippen molar-refractivity contribution >= 4 is 16.9 Å². The molecule has 0 unspecified atom stereocenters. The number of benzene rings is 1. The van der Waals surface area contributed by atoms with Gasteiger partial charge in [-0.3, -0.25) is 4.79 Å². The first-order chi connectivity index (χ1) is 8.11. The lowest BCUT2D eigenvalue weighted by Crippen LogP contribution is -1.98. The molecule has 0 atom stereocenters. The van der Waals surface area contributed by atoms with Crippen LogP contribution in [-0.2, 0) is 11.2 Å². The van der Waals surface area contributed by atoms with Gasteiger partial charge in [0.2, 0.25) is 0 Å². The molecule has 0 spiro atoms. The fourth-order valence-corrected chi connectivity index (χ4v) is 2.03. The Kier molecular flexibility index (Phi) is 2.88. The molecule has 3 nitrogen and oxygen atoms in total. The molecular formula is C14H13NO2. The van der Waals surface area contributed by atoms with E-state index in [0.717, 1.165) is 27.7 Å². The van der Waals surface area contributed by atoms with Crippen molar-refractivity contribution in [2.24, 2.45) is 0 Å². The average molecular weight is 227 g/mol. The van der Waals surface area contributed by atoms with E-state index in [1.54, 1.807) is 0 Å². The molecule has 1 aromatic carbocycles. The van der Waals surface area contributed by atoms with Crippen molar-refractivity contribution in [3.63, 3.8) is 0 Å². The highest BCUT2D eigenvalue weighted by Gasteiger charge is 2.10. The van der Waals surface area contributed by atoms with Gasteiger partial charge >= 0.3 is 5.97 Å². The Morgan fingerprint density at radius 3 is 2.94 bits per heavy atom. The number of aliphatic carboxylic acids is 1. The van der Waals surface area contributed by atoms with Gasteiger partial charge in [0.25, 0.3) is 0 Å². The number of fused-ring (bicyclic) bond motifs is 1. The van der Waals surface area contributed by atoms with Crippen LogP contribution in [0.5, 0.6) is 0 Å². The summed E-state index contributed by atoms with van der Waals surface area (Å²) in [7, 11) is 0. The van der Waals surface area contributed by atoms with Crippen LogP contribution >= 0.6 is 0 Å². The summed E-state index contributed by atoms with van der Waals surface area (Å²) in [5.41, 5.74) is 3.87. The van der Waals surface area contributed by atoms with Crippen molar-refractivity contribution in [3.05, 3.63) is 35.0 Å². The Hall–Kier alpha value is -2.21.